The molecule has 0 aromatic rings. The Morgan fingerprint density at radius 3 is 1.89 bits per heavy atom. The Balaban J connectivity index is 3.70. The Hall–Kier alpha value is 0.137. The standard InChI is InChI=1S/C6H17NOSi/c1-6-8-9(4,5)7(2)3/h6H2,1-5H3. The van der Waals surface area contributed by atoms with Gasteiger partial charge in [-0.3, -0.25) is 0 Å². The lowest BCUT2D eigenvalue weighted by Crippen LogP contribution is -2.46. The SMILES string of the molecule is CCO[Si](C)(C)N(C)C. The highest BCUT2D eigenvalue weighted by Gasteiger charge is 2.24. The summed E-state index contributed by atoms with van der Waals surface area (Å²) < 4.78 is 7.75. The normalized spacial score (nSPS) is 12.7. The van der Waals surface area contributed by atoms with Crippen LogP contribution in [-0.4, -0.2) is 33.7 Å². The minimum absolute atomic E-state index is 0.831. The summed E-state index contributed by atoms with van der Waals surface area (Å²) in [5.74, 6) is 0. The van der Waals surface area contributed by atoms with Gasteiger partial charge in [0, 0.05) is 6.61 Å². The molecule has 0 N–H and O–H groups in total. The average Bonchev–Trinajstić information content (AvgIpc) is 1.65. The molecular formula is C6H17NOSi. The second kappa shape index (κ2) is 3.34. The van der Waals surface area contributed by atoms with Crippen molar-refractivity contribution in [3.63, 3.8) is 0 Å². The molecule has 0 radical (unpaired) electrons. The van der Waals surface area contributed by atoms with E-state index in [-0.39, 0.29) is 0 Å². The zero-order chi connectivity index (χ0) is 7.49. The molecule has 0 bridgehead atoms. The molecule has 2 nitrogen and oxygen atoms in total. The van der Waals surface area contributed by atoms with Gasteiger partial charge in [-0.05, 0) is 34.1 Å². The maximum Gasteiger partial charge on any atom is 0.264 e. The molecule has 0 fully saturated rings. The smallest absolute Gasteiger partial charge is 0.264 e. The molecule has 0 saturated carbocycles. The molecule has 56 valence electrons. The fourth-order valence-electron chi connectivity index (χ4n) is 0.482. The predicted molar refractivity (Wildman–Crippen MR) is 42.8 cm³/mol. The maximum absolute atomic E-state index is 5.56. The first kappa shape index (κ1) is 9.14. The molecule has 3 heteroatoms. The summed E-state index contributed by atoms with van der Waals surface area (Å²) in [6.07, 6.45) is 0. The molecule has 0 saturated heterocycles. The Morgan fingerprint density at radius 1 is 1.33 bits per heavy atom. The third-order valence-electron chi connectivity index (χ3n) is 1.57. The van der Waals surface area contributed by atoms with Gasteiger partial charge in [0.2, 0.25) is 0 Å². The highest BCUT2D eigenvalue weighted by Crippen LogP contribution is 2.05. The predicted octanol–water partition coefficient (Wildman–Crippen LogP) is 1.29. The van der Waals surface area contributed by atoms with Crippen LogP contribution >= 0.6 is 0 Å². The summed E-state index contributed by atoms with van der Waals surface area (Å²) in [4.78, 5) is 0. The van der Waals surface area contributed by atoms with E-state index in [4.69, 9.17) is 4.43 Å². The molecule has 0 aliphatic carbocycles. The summed E-state index contributed by atoms with van der Waals surface area (Å²) in [6.45, 7) is 7.25. The van der Waals surface area contributed by atoms with E-state index < -0.39 is 8.48 Å². The average molecular weight is 147 g/mol. The van der Waals surface area contributed by atoms with E-state index in [9.17, 15) is 0 Å². The Morgan fingerprint density at radius 2 is 1.78 bits per heavy atom. The fraction of sp³-hybridized carbons (Fsp3) is 1.00. The minimum Gasteiger partial charge on any atom is -0.404 e. The van der Waals surface area contributed by atoms with Gasteiger partial charge >= 0.3 is 0 Å². The number of hydrogen-bond acceptors (Lipinski definition) is 2. The quantitative estimate of drug-likeness (QED) is 0.558. The van der Waals surface area contributed by atoms with Crippen LogP contribution in [0.5, 0.6) is 0 Å². The van der Waals surface area contributed by atoms with Gasteiger partial charge in [-0.25, -0.2) is 0 Å². The Bertz CT molecular complexity index is 83.1. The van der Waals surface area contributed by atoms with Gasteiger partial charge in [0.15, 0.2) is 0 Å². The second-order valence-corrected chi connectivity index (χ2v) is 6.85. The van der Waals surface area contributed by atoms with Gasteiger partial charge in [0.25, 0.3) is 8.48 Å². The second-order valence-electron chi connectivity index (χ2n) is 2.77. The van der Waals surface area contributed by atoms with Crippen molar-refractivity contribution in [2.24, 2.45) is 0 Å². The largest absolute Gasteiger partial charge is 0.404 e. The molecule has 0 spiro atoms. The lowest BCUT2D eigenvalue weighted by atomic mass is 10.9. The van der Waals surface area contributed by atoms with Crippen molar-refractivity contribution >= 4 is 8.48 Å². The van der Waals surface area contributed by atoms with Crippen LogP contribution in [0, 0.1) is 0 Å². The van der Waals surface area contributed by atoms with E-state index in [1.54, 1.807) is 0 Å². The van der Waals surface area contributed by atoms with Crippen molar-refractivity contribution in [1.29, 1.82) is 0 Å². The van der Waals surface area contributed by atoms with Gasteiger partial charge in [0.1, 0.15) is 0 Å². The van der Waals surface area contributed by atoms with Gasteiger partial charge in [-0.1, -0.05) is 0 Å². The topological polar surface area (TPSA) is 12.5 Å². The van der Waals surface area contributed by atoms with Crippen LogP contribution < -0.4 is 0 Å². The fourth-order valence-corrected chi connectivity index (χ4v) is 1.45. The van der Waals surface area contributed by atoms with Crippen molar-refractivity contribution in [1.82, 2.24) is 4.57 Å². The number of nitrogens with zero attached hydrogens (tertiary/aromatic N) is 1. The first-order valence-electron chi connectivity index (χ1n) is 3.32. The van der Waals surface area contributed by atoms with Crippen molar-refractivity contribution in [2.75, 3.05) is 20.7 Å². The molecule has 0 aromatic heterocycles. The Labute approximate surface area is 59.0 Å². The highest BCUT2D eigenvalue weighted by molar-refractivity contribution is 6.68. The summed E-state index contributed by atoms with van der Waals surface area (Å²) in [5.41, 5.74) is 0. The molecule has 0 amide bonds. The van der Waals surface area contributed by atoms with E-state index in [1.807, 2.05) is 6.92 Å². The van der Waals surface area contributed by atoms with E-state index in [0.717, 1.165) is 6.61 Å². The lowest BCUT2D eigenvalue weighted by molar-refractivity contribution is 0.286. The zero-order valence-corrected chi connectivity index (χ0v) is 8.06. The van der Waals surface area contributed by atoms with Crippen LogP contribution in [0.4, 0.5) is 0 Å². The van der Waals surface area contributed by atoms with Crippen LogP contribution in [0.25, 0.3) is 0 Å². The maximum atomic E-state index is 5.56. The Kier molecular flexibility index (Phi) is 3.39. The third kappa shape index (κ3) is 2.98. The molecule has 0 aliphatic heterocycles. The third-order valence-corrected chi connectivity index (χ3v) is 4.72. The molecule has 0 aliphatic rings. The van der Waals surface area contributed by atoms with Crippen LogP contribution in [-0.2, 0) is 4.43 Å². The molecule has 9 heavy (non-hydrogen) atoms. The first-order chi connectivity index (χ1) is 4.00. The van der Waals surface area contributed by atoms with Crippen molar-refractivity contribution in [3.05, 3.63) is 0 Å². The first-order valence-corrected chi connectivity index (χ1v) is 6.17. The van der Waals surface area contributed by atoms with Gasteiger partial charge in [-0.15, -0.1) is 0 Å². The summed E-state index contributed by atoms with van der Waals surface area (Å²) in [6, 6.07) is 0. The van der Waals surface area contributed by atoms with Crippen LogP contribution in [0.2, 0.25) is 13.1 Å². The van der Waals surface area contributed by atoms with Crippen molar-refractivity contribution in [2.45, 2.75) is 20.0 Å². The van der Waals surface area contributed by atoms with E-state index in [0.29, 0.717) is 0 Å². The molecular weight excluding hydrogens is 130 g/mol. The number of hydrogen-bond donors (Lipinski definition) is 0. The van der Waals surface area contributed by atoms with Gasteiger partial charge in [0.05, 0.1) is 0 Å². The van der Waals surface area contributed by atoms with Crippen molar-refractivity contribution in [3.8, 4) is 0 Å². The van der Waals surface area contributed by atoms with E-state index >= 15 is 0 Å². The molecule has 0 aromatic carbocycles. The zero-order valence-electron chi connectivity index (χ0n) is 7.06. The van der Waals surface area contributed by atoms with Crippen LogP contribution in [0.1, 0.15) is 6.92 Å². The van der Waals surface area contributed by atoms with Crippen LogP contribution in [0.3, 0.4) is 0 Å². The highest BCUT2D eigenvalue weighted by atomic mass is 28.4. The molecule has 0 atom stereocenters. The summed E-state index contributed by atoms with van der Waals surface area (Å²) >= 11 is 0. The molecule has 0 heterocycles. The van der Waals surface area contributed by atoms with Gasteiger partial charge in [-0.2, -0.15) is 0 Å². The summed E-state index contributed by atoms with van der Waals surface area (Å²) in [7, 11) is 2.70. The molecule has 0 rings (SSSR count). The lowest BCUT2D eigenvalue weighted by Gasteiger charge is -2.28. The van der Waals surface area contributed by atoms with E-state index in [2.05, 4.69) is 31.8 Å². The van der Waals surface area contributed by atoms with Crippen molar-refractivity contribution < 1.29 is 4.43 Å². The monoisotopic (exact) mass is 147 g/mol. The van der Waals surface area contributed by atoms with E-state index in [1.165, 1.54) is 0 Å². The number of rotatable bonds is 3. The minimum atomic E-state index is -1.45. The molecule has 0 unspecified atom stereocenters. The summed E-state index contributed by atoms with van der Waals surface area (Å²) in [5, 5.41) is 0. The van der Waals surface area contributed by atoms with Crippen LogP contribution in [0.15, 0.2) is 0 Å². The van der Waals surface area contributed by atoms with Gasteiger partial charge < -0.3 is 8.99 Å².